The molecule has 31 heavy (non-hydrogen) atoms. The Morgan fingerprint density at radius 2 is 1.42 bits per heavy atom. The molecular weight excluding hydrogens is 441 g/mol. The number of rotatable bonds is 15. The quantitative estimate of drug-likeness (QED) is 0.0948. The molecule has 0 spiro atoms. The minimum absolute atomic E-state index is 0. The molecule has 0 unspecified atom stereocenters. The van der Waals surface area contributed by atoms with Gasteiger partial charge in [0.15, 0.2) is 0 Å². The van der Waals surface area contributed by atoms with Crippen molar-refractivity contribution in [2.45, 2.75) is 52.9 Å². The van der Waals surface area contributed by atoms with E-state index in [1.165, 1.54) is 13.8 Å². The van der Waals surface area contributed by atoms with Crippen molar-refractivity contribution in [3.05, 3.63) is 24.3 Å². The first kappa shape index (κ1) is 31.8. The van der Waals surface area contributed by atoms with Crippen LogP contribution in [0, 0.1) is 5.41 Å². The zero-order chi connectivity index (χ0) is 23.4. The number of unbranched alkanes of at least 4 members (excludes halogenated alkanes) is 3. The van der Waals surface area contributed by atoms with Crippen LogP contribution in [0.4, 0.5) is 0 Å². The van der Waals surface area contributed by atoms with Crippen LogP contribution in [-0.2, 0) is 38.7 Å². The van der Waals surface area contributed by atoms with Crippen molar-refractivity contribution in [1.29, 1.82) is 0 Å². The Morgan fingerprint density at radius 3 is 1.81 bits per heavy atom. The van der Waals surface area contributed by atoms with E-state index in [0.717, 1.165) is 19.3 Å². The molecule has 0 atom stereocenters. The average molecular weight is 475 g/mol. The van der Waals surface area contributed by atoms with Gasteiger partial charge in [-0.2, -0.15) is 8.42 Å². The fourth-order valence-electron chi connectivity index (χ4n) is 2.34. The van der Waals surface area contributed by atoms with Gasteiger partial charge >= 0.3 is 41.0 Å². The minimum atomic E-state index is -4.33. The van der Waals surface area contributed by atoms with Gasteiger partial charge in [-0.3, -0.25) is 9.35 Å². The first-order valence-corrected chi connectivity index (χ1v) is 11.2. The summed E-state index contributed by atoms with van der Waals surface area (Å²) in [6.45, 7) is 10.4. The van der Waals surface area contributed by atoms with E-state index < -0.39 is 59.0 Å². The fraction of sp³-hybridized carbons (Fsp3) is 0.650. The third-order valence-corrected chi connectivity index (χ3v) is 4.85. The van der Waals surface area contributed by atoms with Gasteiger partial charge in [0.25, 0.3) is 10.1 Å². The molecule has 0 saturated heterocycles. The second-order valence-corrected chi connectivity index (χ2v) is 8.80. The largest absolute Gasteiger partial charge is 2.00 e. The number of carbonyl (C=O) groups excluding carboxylic acids is 3. The Morgan fingerprint density at radius 1 is 0.935 bits per heavy atom. The SMILES string of the molecule is C=C(C)C(=O)OCC(CCCCCC)(COC(=O)C(=C)C)C(=O)OCCS(=O)(=O)O.[H-].[H-].[Mg+2]. The summed E-state index contributed by atoms with van der Waals surface area (Å²) in [5.74, 6) is -3.15. The zero-order valence-corrected chi connectivity index (χ0v) is 20.8. The molecule has 11 heteroatoms. The maximum atomic E-state index is 12.9. The summed E-state index contributed by atoms with van der Waals surface area (Å²) in [7, 11) is -4.33. The maximum absolute atomic E-state index is 12.9. The van der Waals surface area contributed by atoms with Crippen molar-refractivity contribution in [1.82, 2.24) is 0 Å². The van der Waals surface area contributed by atoms with Crippen LogP contribution < -0.4 is 0 Å². The van der Waals surface area contributed by atoms with Crippen molar-refractivity contribution >= 4 is 51.1 Å². The molecule has 0 aliphatic carbocycles. The number of carbonyl (C=O) groups is 3. The summed E-state index contributed by atoms with van der Waals surface area (Å²) in [5.41, 5.74) is -1.30. The van der Waals surface area contributed by atoms with Crippen molar-refractivity contribution in [2.75, 3.05) is 25.6 Å². The molecule has 0 aromatic carbocycles. The normalized spacial score (nSPS) is 11.1. The first-order valence-electron chi connectivity index (χ1n) is 9.62. The van der Waals surface area contributed by atoms with Crippen molar-refractivity contribution in [3.63, 3.8) is 0 Å². The molecule has 0 saturated carbocycles. The van der Waals surface area contributed by atoms with E-state index in [9.17, 15) is 22.8 Å². The summed E-state index contributed by atoms with van der Waals surface area (Å²) in [4.78, 5) is 36.6. The van der Waals surface area contributed by atoms with E-state index in [1.54, 1.807) is 0 Å². The Bertz CT molecular complexity index is 725. The molecule has 0 aliphatic rings. The van der Waals surface area contributed by atoms with E-state index in [1.807, 2.05) is 6.92 Å². The minimum Gasteiger partial charge on any atom is -1.00 e. The molecule has 0 radical (unpaired) electrons. The van der Waals surface area contributed by atoms with E-state index in [-0.39, 0.29) is 43.5 Å². The molecule has 0 amide bonds. The predicted molar refractivity (Wildman–Crippen MR) is 118 cm³/mol. The number of ether oxygens (including phenoxy) is 3. The summed E-state index contributed by atoms with van der Waals surface area (Å²) >= 11 is 0. The van der Waals surface area contributed by atoms with Crippen LogP contribution in [0.3, 0.4) is 0 Å². The zero-order valence-electron chi connectivity index (χ0n) is 20.6. The molecule has 0 aromatic rings. The summed E-state index contributed by atoms with van der Waals surface area (Å²) in [6, 6.07) is 0. The predicted octanol–water partition coefficient (Wildman–Crippen LogP) is 2.46. The van der Waals surface area contributed by atoms with Gasteiger partial charge in [0, 0.05) is 11.1 Å². The van der Waals surface area contributed by atoms with E-state index in [4.69, 9.17) is 18.8 Å². The Hall–Kier alpha value is -1.43. The topological polar surface area (TPSA) is 133 Å². The van der Waals surface area contributed by atoms with E-state index in [2.05, 4.69) is 13.2 Å². The summed E-state index contributed by atoms with van der Waals surface area (Å²) in [6.07, 6.45) is 3.35. The van der Waals surface area contributed by atoms with Gasteiger partial charge in [-0.25, -0.2) is 9.59 Å². The van der Waals surface area contributed by atoms with Gasteiger partial charge in [-0.05, 0) is 20.3 Å². The molecule has 176 valence electrons. The van der Waals surface area contributed by atoms with Crippen molar-refractivity contribution in [2.24, 2.45) is 5.41 Å². The van der Waals surface area contributed by atoms with Crippen LogP contribution in [0.5, 0.6) is 0 Å². The van der Waals surface area contributed by atoms with Gasteiger partial charge in [0.1, 0.15) is 31.0 Å². The molecule has 0 aromatic heterocycles. The Balaban J connectivity index is -0.00000140. The van der Waals surface area contributed by atoms with Crippen LogP contribution in [0.15, 0.2) is 24.3 Å². The molecule has 1 N–H and O–H groups in total. The third-order valence-electron chi connectivity index (χ3n) is 4.17. The van der Waals surface area contributed by atoms with Crippen LogP contribution in [0.2, 0.25) is 0 Å². The van der Waals surface area contributed by atoms with Gasteiger partial charge < -0.3 is 17.1 Å². The van der Waals surface area contributed by atoms with E-state index in [0.29, 0.717) is 6.42 Å². The van der Waals surface area contributed by atoms with Crippen molar-refractivity contribution < 1.29 is 44.4 Å². The maximum Gasteiger partial charge on any atom is 2.00 e. The fourth-order valence-corrected chi connectivity index (χ4v) is 2.64. The summed E-state index contributed by atoms with van der Waals surface area (Å²) < 4.78 is 46.0. The van der Waals surface area contributed by atoms with Crippen LogP contribution in [0.1, 0.15) is 55.7 Å². The molecule has 0 bridgehead atoms. The van der Waals surface area contributed by atoms with Gasteiger partial charge in [0.2, 0.25) is 0 Å². The van der Waals surface area contributed by atoms with Gasteiger partial charge in [-0.1, -0.05) is 45.8 Å². The smallest absolute Gasteiger partial charge is 1.00 e. The average Bonchev–Trinajstić information content (AvgIpc) is 2.64. The summed E-state index contributed by atoms with van der Waals surface area (Å²) in [5, 5.41) is 0. The number of hydrogen-bond acceptors (Lipinski definition) is 8. The second kappa shape index (κ2) is 15.4. The first-order chi connectivity index (χ1) is 13.8. The van der Waals surface area contributed by atoms with Gasteiger partial charge in [0.05, 0.1) is 0 Å². The Labute approximate surface area is 203 Å². The Kier molecular flexibility index (Phi) is 15.8. The van der Waals surface area contributed by atoms with Crippen molar-refractivity contribution in [3.8, 4) is 0 Å². The molecule has 0 rings (SSSR count). The second-order valence-electron chi connectivity index (χ2n) is 7.23. The van der Waals surface area contributed by atoms with Crippen LogP contribution in [-0.4, -0.2) is 79.5 Å². The third kappa shape index (κ3) is 13.6. The molecule has 9 nitrogen and oxygen atoms in total. The molecular formula is C20H34MgO9S. The number of esters is 3. The molecule has 0 aliphatic heterocycles. The standard InChI is InChI=1S/C20H32O9S.Mg.2H/c1-6-7-8-9-10-20(13-28-17(21)15(2)3,14-29-18(22)16(4)5)19(23)27-11-12-30(24,25)26;;;/h2,4,6-14H2,1,3,5H3,(H,24,25,26);;;/q;+2;2*-1. The van der Waals surface area contributed by atoms with Crippen LogP contribution in [0.25, 0.3) is 0 Å². The molecule has 0 heterocycles. The van der Waals surface area contributed by atoms with Gasteiger partial charge in [-0.15, -0.1) is 0 Å². The van der Waals surface area contributed by atoms with Crippen LogP contribution >= 0.6 is 0 Å². The molecule has 0 fully saturated rings. The number of hydrogen-bond donors (Lipinski definition) is 1. The van der Waals surface area contributed by atoms with E-state index >= 15 is 0 Å². The monoisotopic (exact) mass is 474 g/mol.